The van der Waals surface area contributed by atoms with E-state index in [9.17, 15) is 0 Å². The van der Waals surface area contributed by atoms with Crippen LogP contribution in [0.2, 0.25) is 0 Å². The van der Waals surface area contributed by atoms with Crippen LogP contribution in [0.4, 0.5) is 5.69 Å². The van der Waals surface area contributed by atoms with Crippen LogP contribution in [0.15, 0.2) is 23.2 Å². The molecule has 0 bridgehead atoms. The van der Waals surface area contributed by atoms with E-state index in [1.807, 2.05) is 18.2 Å². The Balaban J connectivity index is 2.13. The number of benzene rings is 1. The molecule has 3 N–H and O–H groups in total. The minimum Gasteiger partial charge on any atom is -0.497 e. The number of aliphatic imine (C=N–C) groups is 1. The van der Waals surface area contributed by atoms with Gasteiger partial charge in [0, 0.05) is 11.6 Å². The summed E-state index contributed by atoms with van der Waals surface area (Å²) in [4.78, 5) is 6.96. The lowest BCUT2D eigenvalue weighted by molar-refractivity contribution is 0.0846. The molecule has 2 unspecified atom stereocenters. The first kappa shape index (κ1) is 19.4. The quantitative estimate of drug-likeness (QED) is 0.611. The van der Waals surface area contributed by atoms with E-state index in [0.29, 0.717) is 18.3 Å². The number of rotatable bonds is 6. The summed E-state index contributed by atoms with van der Waals surface area (Å²) in [5.74, 6) is 2.56. The number of nitrogens with two attached hydrogens (primary N) is 1. The van der Waals surface area contributed by atoms with Crippen LogP contribution in [0.5, 0.6) is 11.5 Å². The summed E-state index contributed by atoms with van der Waals surface area (Å²) in [6, 6.07) is 5.55. The number of guanidine groups is 1. The van der Waals surface area contributed by atoms with Gasteiger partial charge in [-0.15, -0.1) is 0 Å². The van der Waals surface area contributed by atoms with Gasteiger partial charge in [0.15, 0.2) is 5.96 Å². The van der Waals surface area contributed by atoms with Crippen LogP contribution in [0.3, 0.4) is 0 Å². The SMILES string of the molecule is COc1ccc(OC)c(NC(N)=NCC2(N(C)C)CCCC(C)C2)c1. The van der Waals surface area contributed by atoms with Crippen molar-refractivity contribution in [2.24, 2.45) is 16.6 Å². The standard InChI is InChI=1S/C19H32N4O2/c1-14-7-6-10-19(12-14,23(2)3)13-21-18(20)22-16-11-15(24-4)8-9-17(16)25-5/h8-9,11,14H,6-7,10,12-13H2,1-5H3,(H3,20,21,22). The van der Waals surface area contributed by atoms with E-state index >= 15 is 0 Å². The average molecular weight is 348 g/mol. The first-order chi connectivity index (χ1) is 11.9. The Hall–Kier alpha value is -1.95. The van der Waals surface area contributed by atoms with Gasteiger partial charge in [-0.2, -0.15) is 0 Å². The van der Waals surface area contributed by atoms with Crippen molar-refractivity contribution >= 4 is 11.6 Å². The van der Waals surface area contributed by atoms with Gasteiger partial charge < -0.3 is 25.4 Å². The summed E-state index contributed by atoms with van der Waals surface area (Å²) < 4.78 is 10.6. The Morgan fingerprint density at radius 2 is 2.12 bits per heavy atom. The zero-order chi connectivity index (χ0) is 18.4. The molecular weight excluding hydrogens is 316 g/mol. The minimum absolute atomic E-state index is 0.0857. The molecule has 0 amide bonds. The largest absolute Gasteiger partial charge is 0.497 e. The topological polar surface area (TPSA) is 72.1 Å². The van der Waals surface area contributed by atoms with Gasteiger partial charge in [0.1, 0.15) is 11.5 Å². The third kappa shape index (κ3) is 4.78. The summed E-state index contributed by atoms with van der Waals surface area (Å²) in [6.07, 6.45) is 4.85. The molecule has 25 heavy (non-hydrogen) atoms. The summed E-state index contributed by atoms with van der Waals surface area (Å²) in [7, 11) is 7.55. The van der Waals surface area contributed by atoms with Crippen molar-refractivity contribution in [1.82, 2.24) is 4.90 Å². The number of methoxy groups -OCH3 is 2. The fourth-order valence-corrected chi connectivity index (χ4v) is 3.65. The molecule has 1 aliphatic carbocycles. The fourth-order valence-electron chi connectivity index (χ4n) is 3.65. The normalized spacial score (nSPS) is 24.2. The molecule has 1 aromatic rings. The molecule has 1 aliphatic rings. The molecule has 0 aliphatic heterocycles. The Bertz CT molecular complexity index is 603. The second-order valence-corrected chi connectivity index (χ2v) is 7.21. The van der Waals surface area contributed by atoms with E-state index in [4.69, 9.17) is 15.2 Å². The molecule has 1 saturated carbocycles. The molecule has 1 aromatic carbocycles. The molecule has 1 fully saturated rings. The van der Waals surface area contributed by atoms with Crippen LogP contribution < -0.4 is 20.5 Å². The average Bonchev–Trinajstić information content (AvgIpc) is 2.59. The van der Waals surface area contributed by atoms with Crippen LogP contribution in [-0.2, 0) is 0 Å². The third-order valence-corrected chi connectivity index (χ3v) is 5.23. The van der Waals surface area contributed by atoms with Gasteiger partial charge in [-0.25, -0.2) is 0 Å². The number of hydrogen-bond donors (Lipinski definition) is 2. The highest BCUT2D eigenvalue weighted by atomic mass is 16.5. The van der Waals surface area contributed by atoms with E-state index in [1.165, 1.54) is 12.8 Å². The van der Waals surface area contributed by atoms with Crippen molar-refractivity contribution in [2.75, 3.05) is 40.2 Å². The molecule has 2 rings (SSSR count). The van der Waals surface area contributed by atoms with Gasteiger partial charge in [0.05, 0.1) is 26.5 Å². The molecular formula is C19H32N4O2. The van der Waals surface area contributed by atoms with Crippen LogP contribution in [0.25, 0.3) is 0 Å². The van der Waals surface area contributed by atoms with Crippen LogP contribution in [0.1, 0.15) is 32.6 Å². The Morgan fingerprint density at radius 3 is 2.72 bits per heavy atom. The van der Waals surface area contributed by atoms with E-state index in [2.05, 4.69) is 36.2 Å². The minimum atomic E-state index is 0.0857. The molecule has 140 valence electrons. The number of likely N-dealkylation sites (N-methyl/N-ethyl adjacent to an activating group) is 1. The maximum atomic E-state index is 6.16. The van der Waals surface area contributed by atoms with Crippen molar-refractivity contribution in [3.8, 4) is 11.5 Å². The smallest absolute Gasteiger partial charge is 0.193 e. The lowest BCUT2D eigenvalue weighted by Gasteiger charge is -2.44. The Kier molecular flexibility index (Phi) is 6.53. The number of hydrogen-bond acceptors (Lipinski definition) is 4. The van der Waals surface area contributed by atoms with E-state index in [0.717, 1.165) is 30.2 Å². The van der Waals surface area contributed by atoms with E-state index in [-0.39, 0.29) is 5.54 Å². The maximum Gasteiger partial charge on any atom is 0.193 e. The summed E-state index contributed by atoms with van der Waals surface area (Å²) in [5.41, 5.74) is 6.99. The molecule has 6 heteroatoms. The Labute approximate surface area is 151 Å². The molecule has 0 heterocycles. The van der Waals surface area contributed by atoms with Gasteiger partial charge in [-0.3, -0.25) is 4.99 Å². The predicted molar refractivity (Wildman–Crippen MR) is 104 cm³/mol. The summed E-state index contributed by atoms with van der Waals surface area (Å²) >= 11 is 0. The number of ether oxygens (including phenoxy) is 2. The Morgan fingerprint density at radius 1 is 1.36 bits per heavy atom. The number of nitrogens with one attached hydrogen (secondary N) is 1. The lowest BCUT2D eigenvalue weighted by atomic mass is 9.75. The van der Waals surface area contributed by atoms with Crippen molar-refractivity contribution in [3.05, 3.63) is 18.2 Å². The number of nitrogens with zero attached hydrogens (tertiary/aromatic N) is 2. The monoisotopic (exact) mass is 348 g/mol. The third-order valence-electron chi connectivity index (χ3n) is 5.23. The zero-order valence-corrected chi connectivity index (χ0v) is 16.1. The van der Waals surface area contributed by atoms with Crippen LogP contribution in [0, 0.1) is 5.92 Å². The molecule has 0 spiro atoms. The molecule has 0 radical (unpaired) electrons. The van der Waals surface area contributed by atoms with Gasteiger partial charge in [-0.05, 0) is 45.0 Å². The van der Waals surface area contributed by atoms with Gasteiger partial charge in [0.25, 0.3) is 0 Å². The molecule has 2 atom stereocenters. The van der Waals surface area contributed by atoms with Crippen LogP contribution in [-0.4, -0.2) is 51.3 Å². The zero-order valence-electron chi connectivity index (χ0n) is 16.1. The number of anilines is 1. The molecule has 0 aromatic heterocycles. The van der Waals surface area contributed by atoms with Crippen molar-refractivity contribution in [3.63, 3.8) is 0 Å². The first-order valence-corrected chi connectivity index (χ1v) is 8.86. The molecule has 6 nitrogen and oxygen atoms in total. The summed E-state index contributed by atoms with van der Waals surface area (Å²) in [6.45, 7) is 3.01. The van der Waals surface area contributed by atoms with Gasteiger partial charge in [-0.1, -0.05) is 19.8 Å². The van der Waals surface area contributed by atoms with Crippen LogP contribution >= 0.6 is 0 Å². The first-order valence-electron chi connectivity index (χ1n) is 8.86. The summed E-state index contributed by atoms with van der Waals surface area (Å²) in [5, 5.41) is 3.15. The highest BCUT2D eigenvalue weighted by molar-refractivity contribution is 5.94. The fraction of sp³-hybridized carbons (Fsp3) is 0.632. The van der Waals surface area contributed by atoms with Crippen molar-refractivity contribution < 1.29 is 9.47 Å². The highest BCUT2D eigenvalue weighted by Crippen LogP contribution is 2.36. The van der Waals surface area contributed by atoms with Crippen molar-refractivity contribution in [1.29, 1.82) is 0 Å². The highest BCUT2D eigenvalue weighted by Gasteiger charge is 2.36. The predicted octanol–water partition coefficient (Wildman–Crippen LogP) is 2.94. The van der Waals surface area contributed by atoms with Gasteiger partial charge >= 0.3 is 0 Å². The van der Waals surface area contributed by atoms with E-state index < -0.39 is 0 Å². The lowest BCUT2D eigenvalue weighted by Crippen LogP contribution is -2.50. The second-order valence-electron chi connectivity index (χ2n) is 7.21. The van der Waals surface area contributed by atoms with Crippen molar-refractivity contribution in [2.45, 2.75) is 38.1 Å². The molecule has 0 saturated heterocycles. The second kappa shape index (κ2) is 8.43. The maximum absolute atomic E-state index is 6.16. The van der Waals surface area contributed by atoms with E-state index in [1.54, 1.807) is 14.2 Å². The van der Waals surface area contributed by atoms with Gasteiger partial charge in [0.2, 0.25) is 0 Å².